The molecular weight excluding hydrogens is 396 g/mol. The van der Waals surface area contributed by atoms with Gasteiger partial charge in [0.1, 0.15) is 23.3 Å². The first kappa shape index (κ1) is 20.2. The van der Waals surface area contributed by atoms with Gasteiger partial charge in [-0.3, -0.25) is 19.5 Å². The Kier molecular flexibility index (Phi) is 5.41. The number of anilines is 1. The topological polar surface area (TPSA) is 89.0 Å². The number of ketones is 1. The minimum Gasteiger partial charge on any atom is -0.507 e. The zero-order valence-corrected chi connectivity index (χ0v) is 17.0. The fourth-order valence-corrected chi connectivity index (χ4v) is 3.64. The molecule has 7 nitrogen and oxygen atoms in total. The summed E-state index contributed by atoms with van der Waals surface area (Å²) in [4.78, 5) is 31.9. The predicted molar refractivity (Wildman–Crippen MR) is 115 cm³/mol. The molecule has 2 aromatic carbocycles. The number of amides is 1. The van der Waals surface area contributed by atoms with Gasteiger partial charge in [-0.2, -0.15) is 0 Å². The van der Waals surface area contributed by atoms with Crippen molar-refractivity contribution in [3.05, 3.63) is 89.8 Å². The molecule has 31 heavy (non-hydrogen) atoms. The van der Waals surface area contributed by atoms with Gasteiger partial charge >= 0.3 is 0 Å². The molecule has 0 radical (unpaired) electrons. The molecule has 1 aliphatic heterocycles. The Bertz CT molecular complexity index is 1160. The predicted octanol–water partition coefficient (Wildman–Crippen LogP) is 3.73. The Morgan fingerprint density at radius 2 is 1.65 bits per heavy atom. The number of carbonyl (C=O) groups excluding carboxylic acids is 2. The summed E-state index contributed by atoms with van der Waals surface area (Å²) in [6.07, 6.45) is 1.58. The molecule has 1 atom stereocenters. The first-order valence-electron chi connectivity index (χ1n) is 9.56. The van der Waals surface area contributed by atoms with E-state index in [2.05, 4.69) is 4.98 Å². The van der Waals surface area contributed by atoms with Crippen molar-refractivity contribution in [3.8, 4) is 11.5 Å². The van der Waals surface area contributed by atoms with Crippen molar-refractivity contribution in [1.82, 2.24) is 4.98 Å². The minimum atomic E-state index is -0.903. The second kappa shape index (κ2) is 8.31. The van der Waals surface area contributed by atoms with Crippen LogP contribution in [0.5, 0.6) is 11.5 Å². The molecule has 1 aliphatic rings. The van der Waals surface area contributed by atoms with Gasteiger partial charge in [-0.15, -0.1) is 0 Å². The molecule has 1 amide bonds. The van der Waals surface area contributed by atoms with Gasteiger partial charge in [0.15, 0.2) is 0 Å². The molecule has 0 aliphatic carbocycles. The Hall–Kier alpha value is -4.13. The molecule has 1 aromatic heterocycles. The van der Waals surface area contributed by atoms with Crippen molar-refractivity contribution in [2.75, 3.05) is 19.1 Å². The number of hydrogen-bond acceptors (Lipinski definition) is 6. The van der Waals surface area contributed by atoms with Gasteiger partial charge < -0.3 is 14.6 Å². The van der Waals surface area contributed by atoms with Crippen molar-refractivity contribution in [2.24, 2.45) is 0 Å². The third-order valence-corrected chi connectivity index (χ3v) is 5.13. The molecular formula is C24H20N2O5. The number of rotatable bonds is 5. The van der Waals surface area contributed by atoms with E-state index in [1.54, 1.807) is 80.0 Å². The van der Waals surface area contributed by atoms with Gasteiger partial charge in [0.25, 0.3) is 11.7 Å². The van der Waals surface area contributed by atoms with E-state index >= 15 is 0 Å². The lowest BCUT2D eigenvalue weighted by atomic mass is 9.97. The summed E-state index contributed by atoms with van der Waals surface area (Å²) >= 11 is 0. The van der Waals surface area contributed by atoms with E-state index in [4.69, 9.17) is 9.47 Å². The van der Waals surface area contributed by atoms with Gasteiger partial charge in [-0.1, -0.05) is 18.2 Å². The van der Waals surface area contributed by atoms with Crippen molar-refractivity contribution in [3.63, 3.8) is 0 Å². The average Bonchev–Trinajstić information content (AvgIpc) is 3.09. The van der Waals surface area contributed by atoms with Crippen LogP contribution in [0.25, 0.3) is 5.76 Å². The summed E-state index contributed by atoms with van der Waals surface area (Å²) in [5.74, 6) is -0.867. The minimum absolute atomic E-state index is 0.0518. The number of nitrogens with zero attached hydrogens (tertiary/aromatic N) is 2. The number of Topliss-reactive ketones (excluding diaryl/α,β-unsaturated/α-hetero) is 1. The largest absolute Gasteiger partial charge is 0.507 e. The van der Waals surface area contributed by atoms with E-state index in [1.807, 2.05) is 0 Å². The van der Waals surface area contributed by atoms with Crippen molar-refractivity contribution < 1.29 is 24.2 Å². The summed E-state index contributed by atoms with van der Waals surface area (Å²) < 4.78 is 10.5. The van der Waals surface area contributed by atoms with Crippen LogP contribution in [0.4, 0.5) is 5.69 Å². The Morgan fingerprint density at radius 1 is 0.935 bits per heavy atom. The lowest BCUT2D eigenvalue weighted by Gasteiger charge is -2.24. The quantitative estimate of drug-likeness (QED) is 0.387. The Morgan fingerprint density at radius 3 is 2.29 bits per heavy atom. The van der Waals surface area contributed by atoms with Crippen LogP contribution < -0.4 is 14.4 Å². The zero-order chi connectivity index (χ0) is 22.0. The number of hydrogen-bond donors (Lipinski definition) is 1. The van der Waals surface area contributed by atoms with Crippen LogP contribution in [-0.2, 0) is 9.59 Å². The third-order valence-electron chi connectivity index (χ3n) is 5.13. The smallest absolute Gasteiger partial charge is 0.300 e. The standard InChI is InChI=1S/C24H20N2O5/c1-30-16-12-10-15(11-13-16)26-21(18-8-5-6-14-25-18)20(23(28)24(26)29)22(27)17-7-3-4-9-19(17)31-2/h3-14,21,27H,1-2H3/b22-20-. The van der Waals surface area contributed by atoms with Gasteiger partial charge in [0, 0.05) is 11.9 Å². The molecule has 1 N–H and O–H groups in total. The molecule has 1 saturated heterocycles. The fourth-order valence-electron chi connectivity index (χ4n) is 3.64. The van der Waals surface area contributed by atoms with Crippen LogP contribution in [0.15, 0.2) is 78.5 Å². The lowest BCUT2D eigenvalue weighted by molar-refractivity contribution is -0.132. The SMILES string of the molecule is COc1ccc(N2C(=O)C(=O)/C(=C(\O)c3ccccc3OC)C2c2ccccn2)cc1. The average molecular weight is 416 g/mol. The van der Waals surface area contributed by atoms with E-state index < -0.39 is 17.7 Å². The molecule has 4 rings (SSSR count). The maximum Gasteiger partial charge on any atom is 0.300 e. The first-order valence-corrected chi connectivity index (χ1v) is 9.56. The molecule has 1 unspecified atom stereocenters. The van der Waals surface area contributed by atoms with Crippen molar-refractivity contribution in [1.29, 1.82) is 0 Å². The van der Waals surface area contributed by atoms with Gasteiger partial charge in [-0.05, 0) is 48.5 Å². The number of aromatic nitrogens is 1. The maximum absolute atomic E-state index is 13.1. The molecule has 0 saturated carbocycles. The number of para-hydroxylation sites is 1. The van der Waals surface area contributed by atoms with Crippen LogP contribution in [0.2, 0.25) is 0 Å². The number of methoxy groups -OCH3 is 2. The molecule has 1 fully saturated rings. The normalized spacial score (nSPS) is 17.6. The zero-order valence-electron chi connectivity index (χ0n) is 17.0. The van der Waals surface area contributed by atoms with Gasteiger partial charge in [0.05, 0.1) is 31.1 Å². The third kappa shape index (κ3) is 3.50. The summed E-state index contributed by atoms with van der Waals surface area (Å²) in [5.41, 5.74) is 1.20. The van der Waals surface area contributed by atoms with Crippen LogP contribution >= 0.6 is 0 Å². The first-order chi connectivity index (χ1) is 15.1. The highest BCUT2D eigenvalue weighted by molar-refractivity contribution is 6.51. The summed E-state index contributed by atoms with van der Waals surface area (Å²) in [5, 5.41) is 11.2. The maximum atomic E-state index is 13.1. The van der Waals surface area contributed by atoms with Crippen LogP contribution in [0, 0.1) is 0 Å². The second-order valence-electron chi connectivity index (χ2n) is 6.82. The molecule has 0 bridgehead atoms. The Labute approximate surface area is 179 Å². The summed E-state index contributed by atoms with van der Waals surface area (Å²) in [6, 6.07) is 17.8. The van der Waals surface area contributed by atoms with Gasteiger partial charge in [0.2, 0.25) is 0 Å². The lowest BCUT2D eigenvalue weighted by Crippen LogP contribution is -2.29. The highest BCUT2D eigenvalue weighted by Gasteiger charge is 2.47. The van der Waals surface area contributed by atoms with Gasteiger partial charge in [-0.25, -0.2) is 0 Å². The van der Waals surface area contributed by atoms with Crippen molar-refractivity contribution >= 4 is 23.1 Å². The number of aliphatic hydroxyl groups excluding tert-OH is 1. The number of carbonyl (C=O) groups is 2. The monoisotopic (exact) mass is 416 g/mol. The summed E-state index contributed by atoms with van der Waals surface area (Å²) in [7, 11) is 3.01. The van der Waals surface area contributed by atoms with E-state index in [9.17, 15) is 14.7 Å². The van der Waals surface area contributed by atoms with E-state index in [-0.39, 0.29) is 11.3 Å². The van der Waals surface area contributed by atoms with E-state index in [0.717, 1.165) is 0 Å². The highest BCUT2D eigenvalue weighted by Crippen LogP contribution is 2.42. The van der Waals surface area contributed by atoms with Crippen molar-refractivity contribution in [2.45, 2.75) is 6.04 Å². The Balaban J connectivity index is 1.94. The fraction of sp³-hybridized carbons (Fsp3) is 0.125. The molecule has 0 spiro atoms. The van der Waals surface area contributed by atoms with Crippen LogP contribution in [0.1, 0.15) is 17.3 Å². The highest BCUT2D eigenvalue weighted by atomic mass is 16.5. The van der Waals surface area contributed by atoms with E-state index in [0.29, 0.717) is 28.4 Å². The molecule has 2 heterocycles. The number of benzene rings is 2. The number of pyridine rings is 1. The number of ether oxygens (including phenoxy) is 2. The second-order valence-corrected chi connectivity index (χ2v) is 6.82. The van der Waals surface area contributed by atoms with Crippen LogP contribution in [-0.4, -0.2) is 36.0 Å². The summed E-state index contributed by atoms with van der Waals surface area (Å²) in [6.45, 7) is 0. The van der Waals surface area contributed by atoms with E-state index in [1.165, 1.54) is 12.0 Å². The number of aliphatic hydroxyl groups is 1. The molecule has 7 heteroatoms. The molecule has 156 valence electrons. The molecule has 3 aromatic rings. The van der Waals surface area contributed by atoms with Crippen LogP contribution in [0.3, 0.4) is 0 Å².